The van der Waals surface area contributed by atoms with Crippen LogP contribution in [0.5, 0.6) is 5.75 Å². The van der Waals surface area contributed by atoms with Crippen molar-refractivity contribution in [1.82, 2.24) is 0 Å². The highest BCUT2D eigenvalue weighted by Crippen LogP contribution is 2.37. The molecule has 0 aromatic heterocycles. The highest BCUT2D eigenvalue weighted by molar-refractivity contribution is 5.41. The minimum Gasteiger partial charge on any atom is -0.496 e. The topological polar surface area (TPSA) is 29.5 Å². The lowest BCUT2D eigenvalue weighted by Crippen LogP contribution is -2.09. The summed E-state index contributed by atoms with van der Waals surface area (Å²) in [6.07, 6.45) is 3.31. The molecule has 1 fully saturated rings. The maximum Gasteiger partial charge on any atom is 0.125 e. The second-order valence-corrected chi connectivity index (χ2v) is 5.44. The standard InChI is InChI=1S/C18H20O2/c1-20-17-8-3-2-7-16(17)18(19)15-11-9-14(10-12-15)13-5-4-6-13/h2-3,7-13,18-19H,4-6H2,1H3. The molecule has 1 atom stereocenters. The van der Waals surface area contributed by atoms with E-state index in [9.17, 15) is 5.11 Å². The number of aliphatic hydroxyl groups excluding tert-OH is 1. The zero-order valence-electron chi connectivity index (χ0n) is 11.8. The molecule has 1 aliphatic carbocycles. The second-order valence-electron chi connectivity index (χ2n) is 5.44. The Morgan fingerprint density at radius 3 is 2.35 bits per heavy atom. The van der Waals surface area contributed by atoms with Gasteiger partial charge in [0.2, 0.25) is 0 Å². The smallest absolute Gasteiger partial charge is 0.125 e. The predicted octanol–water partition coefficient (Wildman–Crippen LogP) is 4.04. The van der Waals surface area contributed by atoms with Crippen LogP contribution in [0.4, 0.5) is 0 Å². The highest BCUT2D eigenvalue weighted by atomic mass is 16.5. The number of aliphatic hydroxyl groups is 1. The molecule has 20 heavy (non-hydrogen) atoms. The van der Waals surface area contributed by atoms with Crippen molar-refractivity contribution in [3.63, 3.8) is 0 Å². The molecule has 0 saturated heterocycles. The van der Waals surface area contributed by atoms with E-state index in [4.69, 9.17) is 4.74 Å². The van der Waals surface area contributed by atoms with Crippen LogP contribution in [0, 0.1) is 0 Å². The fraction of sp³-hybridized carbons (Fsp3) is 0.333. The van der Waals surface area contributed by atoms with Crippen LogP contribution in [0.25, 0.3) is 0 Å². The van der Waals surface area contributed by atoms with Crippen molar-refractivity contribution in [1.29, 1.82) is 0 Å². The minimum atomic E-state index is -0.637. The van der Waals surface area contributed by atoms with Crippen LogP contribution in [0.15, 0.2) is 48.5 Å². The Hall–Kier alpha value is -1.80. The van der Waals surface area contributed by atoms with Crippen LogP contribution < -0.4 is 4.74 Å². The van der Waals surface area contributed by atoms with Crippen molar-refractivity contribution in [2.24, 2.45) is 0 Å². The van der Waals surface area contributed by atoms with Crippen LogP contribution in [-0.2, 0) is 0 Å². The molecular formula is C18H20O2. The van der Waals surface area contributed by atoms with Crippen molar-refractivity contribution < 1.29 is 9.84 Å². The Balaban J connectivity index is 1.84. The first-order valence-corrected chi connectivity index (χ1v) is 7.20. The van der Waals surface area contributed by atoms with Gasteiger partial charge in [-0.2, -0.15) is 0 Å². The fourth-order valence-corrected chi connectivity index (χ4v) is 2.76. The zero-order chi connectivity index (χ0) is 13.9. The molecular weight excluding hydrogens is 248 g/mol. The largest absolute Gasteiger partial charge is 0.496 e. The summed E-state index contributed by atoms with van der Waals surface area (Å²) in [5.41, 5.74) is 3.12. The summed E-state index contributed by atoms with van der Waals surface area (Å²) < 4.78 is 5.32. The molecule has 1 N–H and O–H groups in total. The maximum absolute atomic E-state index is 10.5. The normalized spacial score (nSPS) is 16.5. The van der Waals surface area contributed by atoms with E-state index in [1.807, 2.05) is 36.4 Å². The molecule has 0 heterocycles. The van der Waals surface area contributed by atoms with Gasteiger partial charge in [-0.3, -0.25) is 0 Å². The van der Waals surface area contributed by atoms with Gasteiger partial charge < -0.3 is 9.84 Å². The molecule has 2 heteroatoms. The summed E-state index contributed by atoms with van der Waals surface area (Å²) in [6, 6.07) is 16.0. The first-order chi connectivity index (χ1) is 9.79. The molecule has 1 unspecified atom stereocenters. The lowest BCUT2D eigenvalue weighted by molar-refractivity contribution is 0.214. The first-order valence-electron chi connectivity index (χ1n) is 7.20. The van der Waals surface area contributed by atoms with Crippen LogP contribution in [0.1, 0.15) is 48.0 Å². The van der Waals surface area contributed by atoms with Gasteiger partial charge in [0.15, 0.2) is 0 Å². The molecule has 104 valence electrons. The molecule has 0 aliphatic heterocycles. The fourth-order valence-electron chi connectivity index (χ4n) is 2.76. The molecule has 2 aromatic carbocycles. The summed E-state index contributed by atoms with van der Waals surface area (Å²) in [6.45, 7) is 0. The maximum atomic E-state index is 10.5. The van der Waals surface area contributed by atoms with Crippen molar-refractivity contribution >= 4 is 0 Å². The number of para-hydroxylation sites is 1. The Morgan fingerprint density at radius 2 is 1.75 bits per heavy atom. The highest BCUT2D eigenvalue weighted by Gasteiger charge is 2.20. The van der Waals surface area contributed by atoms with E-state index in [-0.39, 0.29) is 0 Å². The predicted molar refractivity (Wildman–Crippen MR) is 80.1 cm³/mol. The van der Waals surface area contributed by atoms with Gasteiger partial charge in [0.1, 0.15) is 11.9 Å². The van der Waals surface area contributed by atoms with Crippen molar-refractivity contribution in [3.8, 4) is 5.75 Å². The third-order valence-electron chi connectivity index (χ3n) is 4.26. The molecule has 0 amide bonds. The Kier molecular flexibility index (Phi) is 3.75. The van der Waals surface area contributed by atoms with E-state index in [1.165, 1.54) is 24.8 Å². The van der Waals surface area contributed by atoms with E-state index in [0.29, 0.717) is 0 Å². The van der Waals surface area contributed by atoms with E-state index < -0.39 is 6.10 Å². The summed E-state index contributed by atoms with van der Waals surface area (Å²) in [5.74, 6) is 1.45. The number of benzene rings is 2. The third kappa shape index (κ3) is 2.44. The van der Waals surface area contributed by atoms with Crippen molar-refractivity contribution in [2.45, 2.75) is 31.3 Å². The van der Waals surface area contributed by atoms with Gasteiger partial charge in [-0.25, -0.2) is 0 Å². The second kappa shape index (κ2) is 5.68. The minimum absolute atomic E-state index is 0.637. The van der Waals surface area contributed by atoms with Gasteiger partial charge in [-0.15, -0.1) is 0 Å². The quantitative estimate of drug-likeness (QED) is 0.906. The van der Waals surface area contributed by atoms with E-state index in [0.717, 1.165) is 22.8 Å². The summed E-state index contributed by atoms with van der Waals surface area (Å²) >= 11 is 0. The summed E-state index contributed by atoms with van der Waals surface area (Å²) in [7, 11) is 1.63. The number of hydrogen-bond donors (Lipinski definition) is 1. The van der Waals surface area contributed by atoms with Gasteiger partial charge >= 0.3 is 0 Å². The van der Waals surface area contributed by atoms with E-state index in [1.54, 1.807) is 7.11 Å². The Bertz CT molecular complexity index is 570. The number of ether oxygens (including phenoxy) is 1. The SMILES string of the molecule is COc1ccccc1C(O)c1ccc(C2CCC2)cc1. The van der Waals surface area contributed by atoms with Crippen LogP contribution >= 0.6 is 0 Å². The van der Waals surface area contributed by atoms with E-state index in [2.05, 4.69) is 12.1 Å². The van der Waals surface area contributed by atoms with E-state index >= 15 is 0 Å². The van der Waals surface area contributed by atoms with Gasteiger partial charge in [0, 0.05) is 5.56 Å². The number of hydrogen-bond acceptors (Lipinski definition) is 2. The first kappa shape index (κ1) is 13.2. The molecule has 0 radical (unpaired) electrons. The van der Waals surface area contributed by atoms with Crippen LogP contribution in [0.3, 0.4) is 0 Å². The van der Waals surface area contributed by atoms with Gasteiger partial charge in [-0.05, 0) is 36.0 Å². The van der Waals surface area contributed by atoms with Crippen molar-refractivity contribution in [2.75, 3.05) is 7.11 Å². The average Bonchev–Trinajstić information content (AvgIpc) is 2.45. The summed E-state index contributed by atoms with van der Waals surface area (Å²) in [4.78, 5) is 0. The Labute approximate surface area is 120 Å². The number of rotatable bonds is 4. The molecule has 1 saturated carbocycles. The molecule has 2 aromatic rings. The molecule has 1 aliphatic rings. The van der Waals surface area contributed by atoms with Gasteiger partial charge in [0.05, 0.1) is 7.11 Å². The molecule has 2 nitrogen and oxygen atoms in total. The van der Waals surface area contributed by atoms with Gasteiger partial charge in [0.25, 0.3) is 0 Å². The molecule has 0 bridgehead atoms. The number of methoxy groups -OCH3 is 1. The zero-order valence-corrected chi connectivity index (χ0v) is 11.8. The van der Waals surface area contributed by atoms with Crippen molar-refractivity contribution in [3.05, 3.63) is 65.2 Å². The molecule has 3 rings (SSSR count). The van der Waals surface area contributed by atoms with Crippen LogP contribution in [-0.4, -0.2) is 12.2 Å². The lowest BCUT2D eigenvalue weighted by Gasteiger charge is -2.26. The van der Waals surface area contributed by atoms with Crippen LogP contribution in [0.2, 0.25) is 0 Å². The lowest BCUT2D eigenvalue weighted by atomic mass is 9.80. The average molecular weight is 268 g/mol. The third-order valence-corrected chi connectivity index (χ3v) is 4.26. The monoisotopic (exact) mass is 268 g/mol. The summed E-state index contributed by atoms with van der Waals surface area (Å²) in [5, 5.41) is 10.5. The van der Waals surface area contributed by atoms with Gasteiger partial charge in [-0.1, -0.05) is 48.9 Å². The Morgan fingerprint density at radius 1 is 1.05 bits per heavy atom. The molecule has 0 spiro atoms.